The third kappa shape index (κ3) is 5.18. The van der Waals surface area contributed by atoms with E-state index >= 15 is 0 Å². The number of carbonyl (C=O) groups excluding carboxylic acids is 2. The van der Waals surface area contributed by atoms with E-state index in [9.17, 15) is 31.2 Å². The van der Waals surface area contributed by atoms with Crippen molar-refractivity contribution < 1.29 is 31.2 Å². The van der Waals surface area contributed by atoms with E-state index in [0.29, 0.717) is 37.4 Å². The zero-order valence-corrected chi connectivity index (χ0v) is 21.6. The predicted octanol–water partition coefficient (Wildman–Crippen LogP) is 2.89. The number of hydrogen-bond acceptors (Lipinski definition) is 5. The van der Waals surface area contributed by atoms with Crippen LogP contribution in [-0.4, -0.2) is 55.6 Å². The molecule has 2 unspecified atom stereocenters. The summed E-state index contributed by atoms with van der Waals surface area (Å²) in [7, 11) is -3.78. The van der Waals surface area contributed by atoms with Gasteiger partial charge in [0, 0.05) is 42.7 Å². The van der Waals surface area contributed by atoms with Crippen molar-refractivity contribution in [2.24, 2.45) is 11.7 Å². The topological polar surface area (TPSA) is 110 Å². The first-order valence-electron chi connectivity index (χ1n) is 12.9. The smallest absolute Gasteiger partial charge is 0.251 e. The number of fused-ring (bicyclic) bond motifs is 3. The Kier molecular flexibility index (Phi) is 7.25. The molecule has 2 amide bonds. The van der Waals surface area contributed by atoms with Gasteiger partial charge in [-0.3, -0.25) is 9.59 Å². The predicted molar refractivity (Wildman–Crippen MR) is 134 cm³/mol. The minimum atomic E-state index is -3.78. The highest BCUT2D eigenvalue weighted by molar-refractivity contribution is 7.91. The SMILES string of the molecule is NC(Cc1cc(F)c(F)cc1F)C1C[C@H]2CC[C@@H](C1)N2C(=O)CCS(=O)(=O)c1ccc2c(c1)C(=O)NCC2. The highest BCUT2D eigenvalue weighted by Crippen LogP contribution is 2.40. The summed E-state index contributed by atoms with van der Waals surface area (Å²) < 4.78 is 66.9. The molecule has 2 fully saturated rings. The lowest BCUT2D eigenvalue weighted by Gasteiger charge is -2.41. The maximum absolute atomic E-state index is 14.1. The van der Waals surface area contributed by atoms with Gasteiger partial charge in [0.05, 0.1) is 10.6 Å². The minimum absolute atomic E-state index is 0.0205. The van der Waals surface area contributed by atoms with Gasteiger partial charge in [-0.2, -0.15) is 0 Å². The Morgan fingerprint density at radius 2 is 1.74 bits per heavy atom. The van der Waals surface area contributed by atoms with Crippen molar-refractivity contribution >= 4 is 21.7 Å². The van der Waals surface area contributed by atoms with Gasteiger partial charge in [-0.25, -0.2) is 21.6 Å². The zero-order chi connectivity index (χ0) is 27.2. The van der Waals surface area contributed by atoms with E-state index in [1.165, 1.54) is 12.1 Å². The van der Waals surface area contributed by atoms with Crippen molar-refractivity contribution in [3.05, 3.63) is 64.5 Å². The first-order chi connectivity index (χ1) is 18.0. The van der Waals surface area contributed by atoms with Gasteiger partial charge in [-0.05, 0) is 73.8 Å². The van der Waals surface area contributed by atoms with Crippen LogP contribution in [0.5, 0.6) is 0 Å². The summed E-state index contributed by atoms with van der Waals surface area (Å²) in [5, 5.41) is 2.71. The number of hydrogen-bond donors (Lipinski definition) is 2. The number of benzene rings is 2. The van der Waals surface area contributed by atoms with Crippen molar-refractivity contribution in [1.29, 1.82) is 0 Å². The molecular formula is C27H30F3N3O4S. The number of halogens is 3. The second-order valence-electron chi connectivity index (χ2n) is 10.5. The first-order valence-corrected chi connectivity index (χ1v) is 14.5. The average Bonchev–Trinajstić information content (AvgIpc) is 3.15. The Morgan fingerprint density at radius 3 is 2.45 bits per heavy atom. The summed E-state index contributed by atoms with van der Waals surface area (Å²) in [6, 6.07) is 5.21. The standard InChI is InChI=1S/C27H30F3N3O4S/c28-22-14-24(30)23(29)11-16(22)12-25(31)17-9-18-2-3-19(10-17)33(18)26(34)6-8-38(36,37)20-4-1-15-5-7-32-27(35)21(15)13-20/h1,4,11,13-14,17-19,25H,2-3,5-10,12,31H2,(H,32,35)/t17?,18-,19+,25?. The number of piperidine rings is 1. The van der Waals surface area contributed by atoms with E-state index in [1.54, 1.807) is 11.0 Å². The molecule has 0 aliphatic carbocycles. The van der Waals surface area contributed by atoms with Crippen molar-refractivity contribution in [2.45, 2.75) is 68.0 Å². The molecule has 0 saturated carbocycles. The zero-order valence-electron chi connectivity index (χ0n) is 20.8. The second-order valence-corrected chi connectivity index (χ2v) is 12.6. The van der Waals surface area contributed by atoms with Crippen LogP contribution in [0, 0.1) is 23.4 Å². The Labute approximate surface area is 219 Å². The van der Waals surface area contributed by atoms with E-state index in [2.05, 4.69) is 5.32 Å². The van der Waals surface area contributed by atoms with Crippen LogP contribution in [0.2, 0.25) is 0 Å². The minimum Gasteiger partial charge on any atom is -0.352 e. The van der Waals surface area contributed by atoms with Gasteiger partial charge in [0.15, 0.2) is 21.5 Å². The van der Waals surface area contributed by atoms with Crippen LogP contribution in [0.15, 0.2) is 35.2 Å². The maximum Gasteiger partial charge on any atom is 0.251 e. The van der Waals surface area contributed by atoms with Crippen LogP contribution < -0.4 is 11.1 Å². The third-order valence-corrected chi connectivity index (χ3v) is 9.87. The van der Waals surface area contributed by atoms with Crippen LogP contribution in [0.3, 0.4) is 0 Å². The summed E-state index contributed by atoms with van der Waals surface area (Å²) in [5.41, 5.74) is 7.53. The van der Waals surface area contributed by atoms with E-state index in [0.717, 1.165) is 24.5 Å². The van der Waals surface area contributed by atoms with Gasteiger partial charge in [0.25, 0.3) is 5.91 Å². The molecular weight excluding hydrogens is 519 g/mol. The van der Waals surface area contributed by atoms with Crippen molar-refractivity contribution in [3.63, 3.8) is 0 Å². The molecule has 3 N–H and O–H groups in total. The largest absolute Gasteiger partial charge is 0.352 e. The molecule has 38 heavy (non-hydrogen) atoms. The Morgan fingerprint density at radius 1 is 1.05 bits per heavy atom. The normalized spacial score (nSPS) is 23.6. The molecule has 0 radical (unpaired) electrons. The van der Waals surface area contributed by atoms with Gasteiger partial charge < -0.3 is 16.0 Å². The number of sulfone groups is 1. The lowest BCUT2D eigenvalue weighted by molar-refractivity contribution is -0.136. The summed E-state index contributed by atoms with van der Waals surface area (Å²) in [4.78, 5) is 27.1. The summed E-state index contributed by atoms with van der Waals surface area (Å²) >= 11 is 0. The molecule has 3 aliphatic rings. The van der Waals surface area contributed by atoms with Gasteiger partial charge in [-0.15, -0.1) is 0 Å². The molecule has 2 bridgehead atoms. The number of rotatable bonds is 7. The fraction of sp³-hybridized carbons (Fsp3) is 0.481. The molecule has 2 aromatic rings. The molecule has 7 nitrogen and oxygen atoms in total. The summed E-state index contributed by atoms with van der Waals surface area (Å²) in [5.74, 6) is -4.14. The monoisotopic (exact) mass is 549 g/mol. The van der Waals surface area contributed by atoms with Crippen LogP contribution in [0.4, 0.5) is 13.2 Å². The fourth-order valence-corrected chi connectivity index (χ4v) is 7.42. The van der Waals surface area contributed by atoms with E-state index < -0.39 is 33.3 Å². The van der Waals surface area contributed by atoms with Crippen LogP contribution in [0.25, 0.3) is 0 Å². The van der Waals surface area contributed by atoms with E-state index in [4.69, 9.17) is 5.73 Å². The molecule has 0 spiro atoms. The van der Waals surface area contributed by atoms with Crippen molar-refractivity contribution in [2.75, 3.05) is 12.3 Å². The Bertz CT molecular complexity index is 1370. The molecule has 5 rings (SSSR count). The number of nitrogens with zero attached hydrogens (tertiary/aromatic N) is 1. The van der Waals surface area contributed by atoms with Crippen molar-refractivity contribution in [1.82, 2.24) is 10.2 Å². The quantitative estimate of drug-likeness (QED) is 0.517. The molecule has 204 valence electrons. The number of nitrogens with two attached hydrogens (primary N) is 1. The summed E-state index contributed by atoms with van der Waals surface area (Å²) in [6.07, 6.45) is 3.23. The fourth-order valence-electron chi connectivity index (χ4n) is 6.17. The average molecular weight is 550 g/mol. The second kappa shape index (κ2) is 10.3. The number of nitrogens with one attached hydrogen (secondary N) is 1. The highest BCUT2D eigenvalue weighted by atomic mass is 32.2. The Hall–Kier alpha value is -2.92. The van der Waals surface area contributed by atoms with Gasteiger partial charge in [0.2, 0.25) is 5.91 Å². The molecule has 11 heteroatoms. The molecule has 2 saturated heterocycles. The number of carbonyl (C=O) groups is 2. The Balaban J connectivity index is 1.20. The van der Waals surface area contributed by atoms with E-state index in [1.807, 2.05) is 0 Å². The highest BCUT2D eigenvalue weighted by Gasteiger charge is 2.44. The van der Waals surface area contributed by atoms with Gasteiger partial charge in [-0.1, -0.05) is 6.07 Å². The molecule has 2 aromatic carbocycles. The molecule has 3 aliphatic heterocycles. The number of amides is 2. The van der Waals surface area contributed by atoms with Crippen LogP contribution in [-0.2, 0) is 27.5 Å². The molecule has 4 atom stereocenters. The van der Waals surface area contributed by atoms with Crippen molar-refractivity contribution in [3.8, 4) is 0 Å². The van der Waals surface area contributed by atoms with E-state index in [-0.39, 0.29) is 58.9 Å². The van der Waals surface area contributed by atoms with Crippen LogP contribution in [0.1, 0.15) is 53.6 Å². The third-order valence-electron chi connectivity index (χ3n) is 8.16. The molecule has 3 heterocycles. The maximum atomic E-state index is 14.1. The summed E-state index contributed by atoms with van der Waals surface area (Å²) in [6.45, 7) is 0.512. The first kappa shape index (κ1) is 26.7. The lowest BCUT2D eigenvalue weighted by Crippen LogP contribution is -2.50. The lowest BCUT2D eigenvalue weighted by atomic mass is 9.82. The molecule has 0 aromatic heterocycles. The van der Waals surface area contributed by atoms with Crippen LogP contribution >= 0.6 is 0 Å². The van der Waals surface area contributed by atoms with Gasteiger partial charge in [0.1, 0.15) is 5.82 Å². The van der Waals surface area contributed by atoms with Gasteiger partial charge >= 0.3 is 0 Å².